The predicted molar refractivity (Wildman–Crippen MR) is 116 cm³/mol. The van der Waals surface area contributed by atoms with Gasteiger partial charge in [-0.2, -0.15) is 0 Å². The molecular formula is C23H19BrN2O2. The molecule has 0 heterocycles. The molecule has 2 amide bonds. The van der Waals surface area contributed by atoms with Crippen LogP contribution in [0.2, 0.25) is 0 Å². The van der Waals surface area contributed by atoms with E-state index in [1.165, 1.54) is 0 Å². The van der Waals surface area contributed by atoms with Crippen molar-refractivity contribution >= 4 is 39.5 Å². The van der Waals surface area contributed by atoms with Crippen LogP contribution in [0.15, 0.2) is 89.0 Å². The molecular weight excluding hydrogens is 416 g/mol. The van der Waals surface area contributed by atoms with Crippen molar-refractivity contribution in [1.82, 2.24) is 5.32 Å². The Morgan fingerprint density at radius 3 is 2.29 bits per heavy atom. The Morgan fingerprint density at radius 1 is 0.893 bits per heavy atom. The minimum atomic E-state index is -0.395. The molecule has 28 heavy (non-hydrogen) atoms. The largest absolute Gasteiger partial charge is 0.321 e. The first-order valence-electron chi connectivity index (χ1n) is 8.73. The van der Waals surface area contributed by atoms with E-state index in [0.29, 0.717) is 11.3 Å². The molecule has 5 heteroatoms. The highest BCUT2D eigenvalue weighted by molar-refractivity contribution is 9.10. The molecule has 0 aliphatic heterocycles. The molecule has 0 aromatic heterocycles. The summed E-state index contributed by atoms with van der Waals surface area (Å²) in [5.74, 6) is -0.742. The van der Waals surface area contributed by atoms with E-state index in [1.807, 2.05) is 61.5 Å². The summed E-state index contributed by atoms with van der Waals surface area (Å²) >= 11 is 3.42. The monoisotopic (exact) mass is 434 g/mol. The van der Waals surface area contributed by atoms with Crippen LogP contribution in [0, 0.1) is 6.92 Å². The first-order valence-corrected chi connectivity index (χ1v) is 9.52. The molecule has 0 aliphatic carbocycles. The van der Waals surface area contributed by atoms with Gasteiger partial charge in [-0.25, -0.2) is 0 Å². The lowest BCUT2D eigenvalue weighted by Gasteiger charge is -2.12. The summed E-state index contributed by atoms with van der Waals surface area (Å²) in [5, 5.41) is 5.55. The average Bonchev–Trinajstić information content (AvgIpc) is 2.70. The summed E-state index contributed by atoms with van der Waals surface area (Å²) in [4.78, 5) is 25.4. The zero-order valence-corrected chi connectivity index (χ0v) is 16.9. The van der Waals surface area contributed by atoms with Crippen molar-refractivity contribution in [1.29, 1.82) is 0 Å². The fourth-order valence-corrected chi connectivity index (χ4v) is 2.96. The van der Waals surface area contributed by atoms with E-state index in [9.17, 15) is 9.59 Å². The number of hydrogen-bond donors (Lipinski definition) is 2. The van der Waals surface area contributed by atoms with Gasteiger partial charge >= 0.3 is 0 Å². The maximum Gasteiger partial charge on any atom is 0.272 e. The molecule has 0 saturated heterocycles. The Labute approximate surface area is 172 Å². The molecule has 3 rings (SSSR count). The van der Waals surface area contributed by atoms with Crippen molar-refractivity contribution in [2.24, 2.45) is 0 Å². The molecule has 3 aromatic carbocycles. The van der Waals surface area contributed by atoms with Crippen LogP contribution >= 0.6 is 15.9 Å². The van der Waals surface area contributed by atoms with Crippen LogP contribution in [0.1, 0.15) is 21.5 Å². The lowest BCUT2D eigenvalue weighted by Crippen LogP contribution is -2.30. The highest BCUT2D eigenvalue weighted by Crippen LogP contribution is 2.16. The van der Waals surface area contributed by atoms with Gasteiger partial charge in [0.2, 0.25) is 0 Å². The molecule has 0 spiro atoms. The Hall–Kier alpha value is -3.18. The van der Waals surface area contributed by atoms with Crippen molar-refractivity contribution < 1.29 is 9.59 Å². The van der Waals surface area contributed by atoms with Gasteiger partial charge in [-0.05, 0) is 55.0 Å². The minimum absolute atomic E-state index is 0.160. The highest BCUT2D eigenvalue weighted by atomic mass is 79.9. The molecule has 0 aliphatic rings. The van der Waals surface area contributed by atoms with E-state index in [4.69, 9.17) is 0 Å². The van der Waals surface area contributed by atoms with E-state index in [0.717, 1.165) is 15.6 Å². The quantitative estimate of drug-likeness (QED) is 0.544. The number of amides is 2. The molecule has 0 fully saturated rings. The fraction of sp³-hybridized carbons (Fsp3) is 0.0435. The Balaban J connectivity index is 1.88. The summed E-state index contributed by atoms with van der Waals surface area (Å²) in [6.07, 6.45) is 1.65. The van der Waals surface area contributed by atoms with Crippen molar-refractivity contribution in [2.75, 3.05) is 5.32 Å². The van der Waals surface area contributed by atoms with Gasteiger partial charge in [-0.15, -0.1) is 0 Å². The third-order valence-electron chi connectivity index (χ3n) is 4.00. The molecule has 0 bridgehead atoms. The molecule has 3 aromatic rings. The second-order valence-electron chi connectivity index (χ2n) is 6.25. The zero-order chi connectivity index (χ0) is 19.9. The number of carbonyl (C=O) groups excluding carboxylic acids is 2. The summed E-state index contributed by atoms with van der Waals surface area (Å²) in [6, 6.07) is 23.7. The predicted octanol–water partition coefficient (Wildman–Crippen LogP) is 5.17. The number of rotatable bonds is 5. The smallest absolute Gasteiger partial charge is 0.272 e. The number of halogens is 1. The lowest BCUT2D eigenvalue weighted by atomic mass is 10.1. The van der Waals surface area contributed by atoms with Gasteiger partial charge in [0, 0.05) is 15.7 Å². The number of aryl methyl sites for hydroxylation is 1. The van der Waals surface area contributed by atoms with Crippen LogP contribution in [0.3, 0.4) is 0 Å². The van der Waals surface area contributed by atoms with E-state index in [-0.39, 0.29) is 11.6 Å². The van der Waals surface area contributed by atoms with Crippen molar-refractivity contribution in [2.45, 2.75) is 6.92 Å². The molecule has 140 valence electrons. The Morgan fingerprint density at radius 2 is 1.61 bits per heavy atom. The van der Waals surface area contributed by atoms with Crippen LogP contribution in [-0.2, 0) is 4.79 Å². The third-order valence-corrected chi connectivity index (χ3v) is 4.49. The van der Waals surface area contributed by atoms with Crippen molar-refractivity contribution in [3.8, 4) is 0 Å². The molecule has 4 nitrogen and oxygen atoms in total. The summed E-state index contributed by atoms with van der Waals surface area (Å²) < 4.78 is 0.883. The standard InChI is InChI=1S/C23H19BrN2O2/c1-16-10-12-20(13-11-16)25-23(28)21(15-17-6-5-9-19(24)14-17)26-22(27)18-7-3-2-4-8-18/h2-15H,1H3,(H,25,28)(H,26,27). The van der Waals surface area contributed by atoms with Gasteiger partial charge in [0.1, 0.15) is 5.70 Å². The van der Waals surface area contributed by atoms with Crippen molar-refractivity contribution in [3.05, 3.63) is 106 Å². The lowest BCUT2D eigenvalue weighted by molar-refractivity contribution is -0.113. The Kier molecular flexibility index (Phi) is 6.40. The Bertz CT molecular complexity index is 1010. The zero-order valence-electron chi connectivity index (χ0n) is 15.3. The average molecular weight is 435 g/mol. The summed E-state index contributed by atoms with van der Waals surface area (Å²) in [5.41, 5.74) is 3.18. The van der Waals surface area contributed by atoms with Crippen molar-refractivity contribution in [3.63, 3.8) is 0 Å². The number of benzene rings is 3. The maximum absolute atomic E-state index is 12.8. The first-order chi connectivity index (χ1) is 13.5. The molecule has 0 unspecified atom stereocenters. The number of hydrogen-bond acceptors (Lipinski definition) is 2. The second kappa shape index (κ2) is 9.15. The van der Waals surface area contributed by atoms with Crippen LogP contribution in [0.4, 0.5) is 5.69 Å². The van der Waals surface area contributed by atoms with Gasteiger partial charge in [0.15, 0.2) is 0 Å². The van der Waals surface area contributed by atoms with Gasteiger partial charge in [-0.3, -0.25) is 9.59 Å². The second-order valence-corrected chi connectivity index (χ2v) is 7.17. The topological polar surface area (TPSA) is 58.2 Å². The van der Waals surface area contributed by atoms with Crippen LogP contribution in [0.5, 0.6) is 0 Å². The van der Waals surface area contributed by atoms with E-state index in [1.54, 1.807) is 30.3 Å². The van der Waals surface area contributed by atoms with Crippen LogP contribution < -0.4 is 10.6 Å². The number of anilines is 1. The van der Waals surface area contributed by atoms with Crippen LogP contribution in [-0.4, -0.2) is 11.8 Å². The van der Waals surface area contributed by atoms with Gasteiger partial charge < -0.3 is 10.6 Å². The molecule has 2 N–H and O–H groups in total. The number of nitrogens with one attached hydrogen (secondary N) is 2. The fourth-order valence-electron chi connectivity index (χ4n) is 2.54. The van der Waals surface area contributed by atoms with E-state index >= 15 is 0 Å². The van der Waals surface area contributed by atoms with Gasteiger partial charge in [0.05, 0.1) is 0 Å². The third kappa shape index (κ3) is 5.41. The highest BCUT2D eigenvalue weighted by Gasteiger charge is 2.15. The SMILES string of the molecule is Cc1ccc(NC(=O)C(=Cc2cccc(Br)c2)NC(=O)c2ccccc2)cc1. The number of carbonyl (C=O) groups is 2. The summed E-state index contributed by atoms with van der Waals surface area (Å²) in [7, 11) is 0. The van der Waals surface area contributed by atoms with E-state index in [2.05, 4.69) is 26.6 Å². The first kappa shape index (κ1) is 19.6. The van der Waals surface area contributed by atoms with Gasteiger partial charge in [-0.1, -0.05) is 64.0 Å². The van der Waals surface area contributed by atoms with Crippen LogP contribution in [0.25, 0.3) is 6.08 Å². The molecule has 0 atom stereocenters. The summed E-state index contributed by atoms with van der Waals surface area (Å²) in [6.45, 7) is 1.98. The van der Waals surface area contributed by atoms with E-state index < -0.39 is 5.91 Å². The molecule has 0 saturated carbocycles. The molecule has 0 radical (unpaired) electrons. The normalized spacial score (nSPS) is 11.0. The maximum atomic E-state index is 12.8. The van der Waals surface area contributed by atoms with Gasteiger partial charge in [0.25, 0.3) is 11.8 Å². The minimum Gasteiger partial charge on any atom is -0.321 e.